The van der Waals surface area contributed by atoms with E-state index in [1.165, 1.54) is 0 Å². The highest BCUT2D eigenvalue weighted by atomic mass is 16.6. The van der Waals surface area contributed by atoms with Crippen molar-refractivity contribution in [3.05, 3.63) is 24.3 Å². The van der Waals surface area contributed by atoms with Gasteiger partial charge in [0.2, 0.25) is 0 Å². The SMILES string of the molecule is C=C1CC[C@H]2C(CN(CC)CC)C(=O)O[C@@H]2[C@@H]2[C@H]1C[C@@]1(O)[C@]2(O)CC[C@]12C(=O)C[C@H]1C(=C)CC[C@H]3C(CN(CC)CC)C(=O)O[C@@H]3[C@H]12. The fraction of sp³-hybridized carbons (Fsp3) is 0.816. The number of rotatable bonds is 8. The molecule has 0 aromatic heterocycles. The number of hydrogen-bond donors (Lipinski definition) is 2. The predicted molar refractivity (Wildman–Crippen MR) is 176 cm³/mol. The molecule has 2 saturated heterocycles. The van der Waals surface area contributed by atoms with Crippen LogP contribution in [-0.4, -0.2) is 100 Å². The third-order valence-electron chi connectivity index (χ3n) is 14.8. The number of ketones is 1. The van der Waals surface area contributed by atoms with E-state index in [0.717, 1.165) is 56.6 Å². The molecule has 0 amide bonds. The van der Waals surface area contributed by atoms with E-state index in [-0.39, 0.29) is 72.5 Å². The molecule has 2 aliphatic heterocycles. The molecule has 7 fully saturated rings. The lowest BCUT2D eigenvalue weighted by molar-refractivity contribution is -0.205. The molecule has 7 aliphatic rings. The largest absolute Gasteiger partial charge is 0.461 e. The zero-order chi connectivity index (χ0) is 33.6. The Kier molecular flexibility index (Phi) is 8.37. The van der Waals surface area contributed by atoms with Gasteiger partial charge in [-0.15, -0.1) is 0 Å². The number of hydrogen-bond acceptors (Lipinski definition) is 9. The molecule has 0 bridgehead atoms. The highest BCUT2D eigenvalue weighted by Crippen LogP contribution is 2.74. The summed E-state index contributed by atoms with van der Waals surface area (Å²) in [5.41, 5.74) is -2.73. The third-order valence-corrected chi connectivity index (χ3v) is 14.8. The Morgan fingerprint density at radius 3 is 1.74 bits per heavy atom. The van der Waals surface area contributed by atoms with Gasteiger partial charge in [0.15, 0.2) is 0 Å². The van der Waals surface area contributed by atoms with Gasteiger partial charge in [-0.05, 0) is 83.0 Å². The summed E-state index contributed by atoms with van der Waals surface area (Å²) in [5.74, 6) is -2.75. The molecular formula is C38H56N2O7. The van der Waals surface area contributed by atoms with Crippen LogP contribution >= 0.6 is 0 Å². The van der Waals surface area contributed by atoms with E-state index in [1.807, 2.05) is 0 Å². The Balaban J connectivity index is 1.28. The minimum Gasteiger partial charge on any atom is -0.461 e. The first-order valence-corrected chi connectivity index (χ1v) is 18.6. The number of carbonyl (C=O) groups is 3. The van der Waals surface area contributed by atoms with E-state index >= 15 is 0 Å². The van der Waals surface area contributed by atoms with Crippen molar-refractivity contribution in [2.45, 2.75) is 102 Å². The van der Waals surface area contributed by atoms with Crippen LogP contribution in [0.4, 0.5) is 0 Å². The van der Waals surface area contributed by atoms with Crippen molar-refractivity contribution < 1.29 is 34.1 Å². The lowest BCUT2D eigenvalue weighted by Crippen LogP contribution is -2.63. The molecule has 13 atom stereocenters. The number of Topliss-reactive ketones (excluding diaryl/α,β-unsaturated/α-hetero) is 1. The second kappa shape index (κ2) is 11.8. The summed E-state index contributed by atoms with van der Waals surface area (Å²) in [6.45, 7) is 21.9. The van der Waals surface area contributed by atoms with Crippen LogP contribution in [0.1, 0.15) is 79.1 Å². The zero-order valence-electron chi connectivity index (χ0n) is 28.9. The van der Waals surface area contributed by atoms with Crippen molar-refractivity contribution in [1.29, 1.82) is 0 Å². The summed E-state index contributed by atoms with van der Waals surface area (Å²) >= 11 is 0. The molecule has 9 heteroatoms. The van der Waals surface area contributed by atoms with Crippen molar-refractivity contribution in [3.63, 3.8) is 0 Å². The maximum atomic E-state index is 14.6. The monoisotopic (exact) mass is 652 g/mol. The van der Waals surface area contributed by atoms with Crippen LogP contribution in [0.5, 0.6) is 0 Å². The van der Waals surface area contributed by atoms with E-state index in [2.05, 4.69) is 50.7 Å². The van der Waals surface area contributed by atoms with Crippen molar-refractivity contribution in [2.75, 3.05) is 39.3 Å². The first kappa shape index (κ1) is 33.4. The van der Waals surface area contributed by atoms with Gasteiger partial charge in [-0.3, -0.25) is 14.4 Å². The Bertz CT molecular complexity index is 1340. The lowest BCUT2D eigenvalue weighted by atomic mass is 9.59. The Labute approximate surface area is 280 Å². The van der Waals surface area contributed by atoms with Gasteiger partial charge in [-0.1, -0.05) is 52.0 Å². The molecule has 5 saturated carbocycles. The van der Waals surface area contributed by atoms with Crippen LogP contribution in [0, 0.1) is 52.8 Å². The number of nitrogens with zero attached hydrogens (tertiary/aromatic N) is 2. The smallest absolute Gasteiger partial charge is 0.310 e. The van der Waals surface area contributed by atoms with Crippen LogP contribution in [0.25, 0.3) is 0 Å². The van der Waals surface area contributed by atoms with Gasteiger partial charge in [0.25, 0.3) is 0 Å². The Morgan fingerprint density at radius 2 is 1.23 bits per heavy atom. The van der Waals surface area contributed by atoms with Gasteiger partial charge in [0, 0.05) is 43.2 Å². The summed E-state index contributed by atoms with van der Waals surface area (Å²) < 4.78 is 12.6. The fourth-order valence-corrected chi connectivity index (χ4v) is 12.3. The molecule has 1 spiro atoms. The second-order valence-electron chi connectivity index (χ2n) is 16.1. The van der Waals surface area contributed by atoms with Crippen molar-refractivity contribution in [1.82, 2.24) is 9.80 Å². The summed E-state index contributed by atoms with van der Waals surface area (Å²) in [6, 6.07) is 0. The number of ether oxygens (including phenoxy) is 2. The van der Waals surface area contributed by atoms with Crippen LogP contribution in [0.15, 0.2) is 24.3 Å². The maximum Gasteiger partial charge on any atom is 0.310 e. The average molecular weight is 653 g/mol. The van der Waals surface area contributed by atoms with Crippen LogP contribution in [0.3, 0.4) is 0 Å². The molecule has 2 heterocycles. The molecule has 5 aliphatic carbocycles. The third kappa shape index (κ3) is 4.44. The number of esters is 2. The van der Waals surface area contributed by atoms with Gasteiger partial charge in [0.05, 0.1) is 17.3 Å². The Hall–Kier alpha value is -2.07. The standard InChI is InChI=1S/C38H56N2O7/c1-7-39(8-2)19-27-23-13-11-21(5)25-17-29(41)36(30(25)32(23)46-34(27)42)15-16-37(44)31-26(18-38(36,37)45)22(6)12-14-24-28(20-40(9-3)10-4)35(43)47-33(24)31/h23-28,30-33,44-45H,5-20H2,1-4H3/t23-,24-,25-,26-,27?,28?,30-,31-,32-,33-,36+,37-,38-/m0/s1. The Morgan fingerprint density at radius 1 is 0.745 bits per heavy atom. The zero-order valence-corrected chi connectivity index (χ0v) is 28.9. The molecule has 2 N–H and O–H groups in total. The normalized spacial score (nSPS) is 47.1. The van der Waals surface area contributed by atoms with Crippen LogP contribution in [0.2, 0.25) is 0 Å². The number of allylic oxidation sites excluding steroid dienone is 2. The van der Waals surface area contributed by atoms with E-state index in [0.29, 0.717) is 25.9 Å². The van der Waals surface area contributed by atoms with Gasteiger partial charge in [0.1, 0.15) is 29.2 Å². The molecule has 47 heavy (non-hydrogen) atoms. The molecule has 0 aromatic rings. The van der Waals surface area contributed by atoms with Gasteiger partial charge >= 0.3 is 11.9 Å². The summed E-state index contributed by atoms with van der Waals surface area (Å²) in [4.78, 5) is 46.3. The highest BCUT2D eigenvalue weighted by molar-refractivity contribution is 5.91. The van der Waals surface area contributed by atoms with Crippen molar-refractivity contribution in [2.24, 2.45) is 52.8 Å². The lowest BCUT2D eigenvalue weighted by Gasteiger charge is -2.48. The molecule has 0 aromatic carbocycles. The summed E-state index contributed by atoms with van der Waals surface area (Å²) in [5, 5.41) is 26.3. The van der Waals surface area contributed by atoms with E-state index in [4.69, 9.17) is 9.47 Å². The van der Waals surface area contributed by atoms with Gasteiger partial charge in [-0.25, -0.2) is 0 Å². The molecule has 7 rings (SSSR count). The van der Waals surface area contributed by atoms with Gasteiger partial charge in [-0.2, -0.15) is 0 Å². The van der Waals surface area contributed by atoms with Crippen molar-refractivity contribution in [3.8, 4) is 0 Å². The molecule has 260 valence electrons. The van der Waals surface area contributed by atoms with E-state index in [9.17, 15) is 24.6 Å². The summed E-state index contributed by atoms with van der Waals surface area (Å²) in [6.07, 6.45) is 2.85. The van der Waals surface area contributed by atoms with E-state index < -0.39 is 40.7 Å². The minimum absolute atomic E-state index is 0.0441. The summed E-state index contributed by atoms with van der Waals surface area (Å²) in [7, 11) is 0. The van der Waals surface area contributed by atoms with Crippen molar-refractivity contribution >= 4 is 17.7 Å². The fourth-order valence-electron chi connectivity index (χ4n) is 12.3. The number of aliphatic hydroxyl groups is 2. The predicted octanol–water partition coefficient (Wildman–Crippen LogP) is 3.77. The highest BCUT2D eigenvalue weighted by Gasteiger charge is 2.83. The molecule has 0 radical (unpaired) electrons. The number of fused-ring (bicyclic) bond motifs is 10. The minimum atomic E-state index is -1.77. The first-order valence-electron chi connectivity index (χ1n) is 18.6. The van der Waals surface area contributed by atoms with Crippen LogP contribution < -0.4 is 0 Å². The first-order chi connectivity index (χ1) is 22.4. The molecular weight excluding hydrogens is 596 g/mol. The average Bonchev–Trinajstić information content (AvgIpc) is 3.71. The molecule has 9 nitrogen and oxygen atoms in total. The second-order valence-corrected chi connectivity index (χ2v) is 16.1. The topological polar surface area (TPSA) is 117 Å². The molecule has 2 unspecified atom stereocenters. The quantitative estimate of drug-likeness (QED) is 0.299. The number of carbonyl (C=O) groups excluding carboxylic acids is 3. The maximum absolute atomic E-state index is 14.6. The van der Waals surface area contributed by atoms with Crippen LogP contribution in [-0.2, 0) is 23.9 Å². The van der Waals surface area contributed by atoms with Gasteiger partial charge < -0.3 is 29.5 Å². The van der Waals surface area contributed by atoms with E-state index in [1.54, 1.807) is 0 Å².